The molecule has 5 rings (SSSR count). The van der Waals surface area contributed by atoms with Crippen molar-refractivity contribution in [2.24, 2.45) is 11.8 Å². The van der Waals surface area contributed by atoms with Crippen LogP contribution in [0.15, 0.2) is 53.1 Å². The molecule has 0 N–H and O–H groups in total. The zero-order valence-corrected chi connectivity index (χ0v) is 19.4. The Morgan fingerprint density at radius 3 is 2.34 bits per heavy atom. The van der Waals surface area contributed by atoms with Crippen LogP contribution in [-0.2, 0) is 20.8 Å². The van der Waals surface area contributed by atoms with Gasteiger partial charge in [-0.3, -0.25) is 14.4 Å². The monoisotopic (exact) mass is 475 g/mol. The first-order chi connectivity index (χ1) is 16.9. The molecule has 35 heavy (non-hydrogen) atoms. The summed E-state index contributed by atoms with van der Waals surface area (Å²) in [6.45, 7) is 1.71. The van der Waals surface area contributed by atoms with Crippen LogP contribution in [0.4, 0.5) is 10.1 Å². The highest BCUT2D eigenvalue weighted by atomic mass is 19.1. The fourth-order valence-corrected chi connectivity index (χ4v) is 5.38. The summed E-state index contributed by atoms with van der Waals surface area (Å²) in [6, 6.07) is 12.2. The van der Waals surface area contributed by atoms with Crippen molar-refractivity contribution in [1.82, 2.24) is 10.1 Å². The molecule has 2 atom stereocenters. The molecule has 2 unspecified atom stereocenters. The van der Waals surface area contributed by atoms with Gasteiger partial charge in [0, 0.05) is 24.6 Å². The Kier molecular flexibility index (Phi) is 6.28. The molecule has 1 saturated heterocycles. The van der Waals surface area contributed by atoms with Crippen molar-refractivity contribution in [3.8, 4) is 11.4 Å². The highest BCUT2D eigenvalue weighted by Gasteiger charge is 2.53. The first kappa shape index (κ1) is 23.1. The van der Waals surface area contributed by atoms with Crippen LogP contribution in [0, 0.1) is 24.6 Å². The second-order valence-electron chi connectivity index (χ2n) is 9.36. The second-order valence-corrected chi connectivity index (χ2v) is 9.36. The van der Waals surface area contributed by atoms with Crippen molar-refractivity contribution < 1.29 is 23.3 Å². The van der Waals surface area contributed by atoms with Crippen LogP contribution >= 0.6 is 0 Å². The Balaban J connectivity index is 1.47. The highest BCUT2D eigenvalue weighted by Crippen LogP contribution is 2.40. The third kappa shape index (κ3) is 4.52. The number of rotatable bonds is 6. The lowest BCUT2D eigenvalue weighted by Gasteiger charge is -2.35. The molecule has 1 amide bonds. The van der Waals surface area contributed by atoms with Crippen LogP contribution < -0.4 is 4.90 Å². The number of nitrogens with zero attached hydrogens (tertiary/aromatic N) is 3. The van der Waals surface area contributed by atoms with Crippen LogP contribution in [-0.4, -0.2) is 33.7 Å². The lowest BCUT2D eigenvalue weighted by molar-refractivity contribution is -0.139. The van der Waals surface area contributed by atoms with Gasteiger partial charge >= 0.3 is 0 Å². The summed E-state index contributed by atoms with van der Waals surface area (Å²) in [5.41, 5.74) is 1.92. The van der Waals surface area contributed by atoms with E-state index in [1.807, 2.05) is 0 Å². The van der Waals surface area contributed by atoms with Gasteiger partial charge in [-0.15, -0.1) is 0 Å². The molecule has 3 aromatic rings. The molecule has 0 bridgehead atoms. The van der Waals surface area contributed by atoms with Gasteiger partial charge in [-0.25, -0.2) is 4.39 Å². The molecule has 180 valence electrons. The standard InChI is InChI=1S/C27H26FN3O4/c1-16-29-26(30-35-16)19-9-13-21(14-10-19)31-24(18-5-3-2-4-6-18)23(25(33)27(31)34)22(32)15-17-7-11-20(28)12-8-17/h7-14,18,23-24H,2-6,15H2,1H3. The number of halogens is 1. The number of carbonyl (C=O) groups excluding carboxylic acids is 3. The number of aryl methyl sites for hydroxylation is 1. The summed E-state index contributed by atoms with van der Waals surface area (Å²) in [5.74, 6) is -2.09. The maximum absolute atomic E-state index is 13.4. The summed E-state index contributed by atoms with van der Waals surface area (Å²) >= 11 is 0. The molecule has 8 heteroatoms. The Morgan fingerprint density at radius 1 is 1.03 bits per heavy atom. The van der Waals surface area contributed by atoms with Gasteiger partial charge in [-0.05, 0) is 60.7 Å². The third-order valence-corrected chi connectivity index (χ3v) is 7.05. The van der Waals surface area contributed by atoms with Gasteiger partial charge in [0.15, 0.2) is 0 Å². The fourth-order valence-electron chi connectivity index (χ4n) is 5.38. The van der Waals surface area contributed by atoms with E-state index in [0.717, 1.165) is 37.7 Å². The van der Waals surface area contributed by atoms with Crippen LogP contribution in [0.3, 0.4) is 0 Å². The zero-order chi connectivity index (χ0) is 24.5. The van der Waals surface area contributed by atoms with E-state index in [9.17, 15) is 18.8 Å². The van der Waals surface area contributed by atoms with E-state index < -0.39 is 23.7 Å². The van der Waals surface area contributed by atoms with Crippen molar-refractivity contribution >= 4 is 23.2 Å². The minimum absolute atomic E-state index is 0.0167. The van der Waals surface area contributed by atoms with E-state index in [4.69, 9.17) is 4.52 Å². The number of Topliss-reactive ketones (excluding diaryl/α,β-unsaturated/α-hetero) is 2. The maximum Gasteiger partial charge on any atom is 0.295 e. The Hall–Kier alpha value is -3.68. The van der Waals surface area contributed by atoms with E-state index in [-0.39, 0.29) is 23.9 Å². The largest absolute Gasteiger partial charge is 0.339 e. The molecule has 0 spiro atoms. The number of anilines is 1. The molecule has 2 fully saturated rings. The van der Waals surface area contributed by atoms with E-state index in [1.54, 1.807) is 43.3 Å². The molecular formula is C27H26FN3O4. The predicted octanol–water partition coefficient (Wildman–Crippen LogP) is 4.48. The first-order valence-corrected chi connectivity index (χ1v) is 12.0. The Morgan fingerprint density at radius 2 is 1.71 bits per heavy atom. The predicted molar refractivity (Wildman–Crippen MR) is 126 cm³/mol. The average Bonchev–Trinajstić information content (AvgIpc) is 3.42. The van der Waals surface area contributed by atoms with Crippen LogP contribution in [0.2, 0.25) is 0 Å². The minimum Gasteiger partial charge on any atom is -0.339 e. The summed E-state index contributed by atoms with van der Waals surface area (Å²) in [6.07, 6.45) is 4.83. The van der Waals surface area contributed by atoms with Crippen LogP contribution in [0.25, 0.3) is 11.4 Å². The van der Waals surface area contributed by atoms with Crippen molar-refractivity contribution in [2.75, 3.05) is 4.90 Å². The summed E-state index contributed by atoms with van der Waals surface area (Å²) in [5, 5.41) is 3.92. The van der Waals surface area contributed by atoms with Gasteiger partial charge in [0.1, 0.15) is 17.5 Å². The molecule has 1 aliphatic carbocycles. The highest BCUT2D eigenvalue weighted by molar-refractivity contribution is 6.48. The second kappa shape index (κ2) is 9.52. The number of benzene rings is 2. The zero-order valence-electron chi connectivity index (χ0n) is 19.4. The van der Waals surface area contributed by atoms with Gasteiger partial charge in [-0.1, -0.05) is 36.6 Å². The SMILES string of the molecule is Cc1nc(-c2ccc(N3C(=O)C(=O)C(C(=O)Cc4ccc(F)cc4)C3C3CCCCC3)cc2)no1. The number of hydrogen-bond acceptors (Lipinski definition) is 6. The number of carbonyl (C=O) groups is 3. The van der Waals surface area contributed by atoms with Crippen molar-refractivity contribution in [3.63, 3.8) is 0 Å². The Bertz CT molecular complexity index is 1250. The van der Waals surface area contributed by atoms with Gasteiger partial charge in [0.05, 0.1) is 6.04 Å². The Labute approximate surface area is 202 Å². The van der Waals surface area contributed by atoms with E-state index in [0.29, 0.717) is 23.0 Å². The molecule has 1 aliphatic heterocycles. The fraction of sp³-hybridized carbons (Fsp3) is 0.370. The van der Waals surface area contributed by atoms with E-state index in [2.05, 4.69) is 10.1 Å². The summed E-state index contributed by atoms with van der Waals surface area (Å²) < 4.78 is 18.4. The number of aromatic nitrogens is 2. The molecule has 0 radical (unpaired) electrons. The third-order valence-electron chi connectivity index (χ3n) is 7.05. The van der Waals surface area contributed by atoms with Gasteiger partial charge in [-0.2, -0.15) is 4.98 Å². The van der Waals surface area contributed by atoms with Crippen molar-refractivity contribution in [1.29, 1.82) is 0 Å². The quantitative estimate of drug-likeness (QED) is 0.386. The van der Waals surface area contributed by atoms with Crippen molar-refractivity contribution in [2.45, 2.75) is 51.5 Å². The molecule has 2 aromatic carbocycles. The molecule has 7 nitrogen and oxygen atoms in total. The molecule has 1 aromatic heterocycles. The van der Waals surface area contributed by atoms with Crippen LogP contribution in [0.1, 0.15) is 43.6 Å². The van der Waals surface area contributed by atoms with Crippen molar-refractivity contribution in [3.05, 3.63) is 65.8 Å². The summed E-state index contributed by atoms with van der Waals surface area (Å²) in [7, 11) is 0. The average molecular weight is 476 g/mol. The topological polar surface area (TPSA) is 93.4 Å². The van der Waals surface area contributed by atoms with Gasteiger partial charge < -0.3 is 9.42 Å². The molecule has 1 saturated carbocycles. The maximum atomic E-state index is 13.4. The molecule has 2 aliphatic rings. The first-order valence-electron chi connectivity index (χ1n) is 12.0. The smallest absolute Gasteiger partial charge is 0.295 e. The lowest BCUT2D eigenvalue weighted by atomic mass is 9.76. The number of amides is 1. The lowest BCUT2D eigenvalue weighted by Crippen LogP contribution is -2.44. The molecule has 2 heterocycles. The molecular weight excluding hydrogens is 449 g/mol. The minimum atomic E-state index is -1.03. The normalized spacial score (nSPS) is 21.0. The van der Waals surface area contributed by atoms with E-state index >= 15 is 0 Å². The number of hydrogen-bond donors (Lipinski definition) is 0. The van der Waals surface area contributed by atoms with Gasteiger partial charge in [0.2, 0.25) is 17.5 Å². The van der Waals surface area contributed by atoms with Gasteiger partial charge in [0.25, 0.3) is 5.91 Å². The summed E-state index contributed by atoms with van der Waals surface area (Å²) in [4.78, 5) is 45.6. The van der Waals surface area contributed by atoms with E-state index in [1.165, 1.54) is 17.0 Å². The van der Waals surface area contributed by atoms with Crippen LogP contribution in [0.5, 0.6) is 0 Å². The number of ketones is 2.